The Morgan fingerprint density at radius 2 is 2.37 bits per heavy atom. The van der Waals surface area contributed by atoms with Gasteiger partial charge in [0.1, 0.15) is 5.75 Å². The normalized spacial score (nSPS) is 14.9. The molecule has 2 amide bonds. The van der Waals surface area contributed by atoms with Gasteiger partial charge in [0.05, 0.1) is 11.8 Å². The van der Waals surface area contributed by atoms with Crippen molar-refractivity contribution in [1.82, 2.24) is 0 Å². The monoisotopic (exact) mass is 264 g/mol. The summed E-state index contributed by atoms with van der Waals surface area (Å²) in [6, 6.07) is 5.04. The van der Waals surface area contributed by atoms with Crippen molar-refractivity contribution in [3.05, 3.63) is 18.2 Å². The quantitative estimate of drug-likeness (QED) is 0.760. The first-order valence-electron chi connectivity index (χ1n) is 6.09. The first kappa shape index (κ1) is 13.4. The van der Waals surface area contributed by atoms with Crippen LogP contribution >= 0.6 is 0 Å². The molecule has 1 aromatic carbocycles. The lowest BCUT2D eigenvalue weighted by molar-refractivity contribution is -0.118. The number of hydrogen-bond donors (Lipinski definition) is 3. The summed E-state index contributed by atoms with van der Waals surface area (Å²) in [5.74, 6) is 0.190. The number of rotatable bonds is 4. The summed E-state index contributed by atoms with van der Waals surface area (Å²) in [4.78, 5) is 22.8. The highest BCUT2D eigenvalue weighted by Crippen LogP contribution is 2.30. The predicted molar refractivity (Wildman–Crippen MR) is 70.1 cm³/mol. The summed E-state index contributed by atoms with van der Waals surface area (Å²) >= 11 is 0. The number of nitrogens with one attached hydrogen (secondary N) is 2. The zero-order valence-corrected chi connectivity index (χ0v) is 10.6. The highest BCUT2D eigenvalue weighted by Gasteiger charge is 2.16. The second kappa shape index (κ2) is 5.71. The van der Waals surface area contributed by atoms with Gasteiger partial charge in [-0.1, -0.05) is 0 Å². The van der Waals surface area contributed by atoms with Crippen LogP contribution in [0.3, 0.4) is 0 Å². The molecule has 6 heteroatoms. The molecule has 2 rings (SSSR count). The van der Waals surface area contributed by atoms with E-state index >= 15 is 0 Å². The number of anilines is 2. The number of carbonyl (C=O) groups is 2. The molecular weight excluding hydrogens is 248 g/mol. The van der Waals surface area contributed by atoms with Crippen LogP contribution in [0.2, 0.25) is 0 Å². The Labute approximate surface area is 110 Å². The second-order valence-corrected chi connectivity index (χ2v) is 4.48. The maximum Gasteiger partial charge on any atom is 0.262 e. The van der Waals surface area contributed by atoms with Crippen LogP contribution < -0.4 is 15.4 Å². The lowest BCUT2D eigenvalue weighted by Crippen LogP contribution is -2.25. The fourth-order valence-electron chi connectivity index (χ4n) is 1.72. The minimum Gasteiger partial charge on any atom is -0.482 e. The smallest absolute Gasteiger partial charge is 0.262 e. The molecule has 1 atom stereocenters. The second-order valence-electron chi connectivity index (χ2n) is 4.48. The van der Waals surface area contributed by atoms with E-state index in [1.807, 2.05) is 0 Å². The van der Waals surface area contributed by atoms with Crippen molar-refractivity contribution in [2.75, 3.05) is 17.2 Å². The van der Waals surface area contributed by atoms with E-state index < -0.39 is 6.10 Å². The number of amides is 2. The fourth-order valence-corrected chi connectivity index (χ4v) is 1.72. The zero-order valence-electron chi connectivity index (χ0n) is 10.6. The van der Waals surface area contributed by atoms with Crippen LogP contribution in [0.5, 0.6) is 5.75 Å². The number of aliphatic hydroxyl groups is 1. The van der Waals surface area contributed by atoms with E-state index in [4.69, 9.17) is 9.84 Å². The van der Waals surface area contributed by atoms with E-state index in [9.17, 15) is 9.59 Å². The molecule has 0 fully saturated rings. The van der Waals surface area contributed by atoms with Crippen molar-refractivity contribution < 1.29 is 19.4 Å². The van der Waals surface area contributed by atoms with Crippen LogP contribution in [-0.2, 0) is 9.59 Å². The van der Waals surface area contributed by atoms with Crippen molar-refractivity contribution in [3.63, 3.8) is 0 Å². The molecule has 1 aliphatic heterocycles. The van der Waals surface area contributed by atoms with Crippen molar-refractivity contribution in [1.29, 1.82) is 0 Å². The number of ether oxygens (including phenoxy) is 1. The number of fused-ring (bicyclic) bond motifs is 1. The largest absolute Gasteiger partial charge is 0.482 e. The average Bonchev–Trinajstić information content (AvgIpc) is 2.36. The van der Waals surface area contributed by atoms with Crippen LogP contribution in [0.1, 0.15) is 19.8 Å². The molecule has 0 spiro atoms. The molecule has 6 nitrogen and oxygen atoms in total. The molecule has 0 saturated heterocycles. The van der Waals surface area contributed by atoms with Gasteiger partial charge in [-0.2, -0.15) is 0 Å². The van der Waals surface area contributed by atoms with E-state index in [-0.39, 0.29) is 24.8 Å². The Bertz CT molecular complexity index is 499. The molecule has 1 aromatic rings. The molecule has 19 heavy (non-hydrogen) atoms. The summed E-state index contributed by atoms with van der Waals surface area (Å²) in [5, 5.41) is 14.5. The standard InChI is InChI=1S/C13H16N2O4/c1-8(16)2-5-12(17)14-9-3-4-11-10(6-9)15-13(18)7-19-11/h3-4,6,8,16H,2,5,7H2,1H3,(H,14,17)(H,15,18). The van der Waals surface area contributed by atoms with Crippen LogP contribution in [0.25, 0.3) is 0 Å². The Morgan fingerprint density at radius 1 is 1.58 bits per heavy atom. The van der Waals surface area contributed by atoms with E-state index in [1.165, 1.54) is 0 Å². The number of hydrogen-bond acceptors (Lipinski definition) is 4. The Hall–Kier alpha value is -2.08. The molecule has 0 aliphatic carbocycles. The Morgan fingerprint density at radius 3 is 3.11 bits per heavy atom. The number of aliphatic hydroxyl groups excluding tert-OH is 1. The van der Waals surface area contributed by atoms with Gasteiger partial charge in [-0.3, -0.25) is 9.59 Å². The van der Waals surface area contributed by atoms with Gasteiger partial charge in [-0.05, 0) is 31.5 Å². The Balaban J connectivity index is 2.00. The summed E-state index contributed by atoms with van der Waals surface area (Å²) in [5.41, 5.74) is 1.13. The summed E-state index contributed by atoms with van der Waals surface area (Å²) in [6.45, 7) is 1.64. The van der Waals surface area contributed by atoms with Crippen LogP contribution in [0.15, 0.2) is 18.2 Å². The molecule has 1 heterocycles. The SMILES string of the molecule is CC(O)CCC(=O)Nc1ccc2c(c1)NC(=O)CO2. The van der Waals surface area contributed by atoms with Gasteiger partial charge in [0, 0.05) is 12.1 Å². The van der Waals surface area contributed by atoms with Gasteiger partial charge >= 0.3 is 0 Å². The van der Waals surface area contributed by atoms with E-state index in [2.05, 4.69) is 10.6 Å². The molecule has 1 aliphatic rings. The van der Waals surface area contributed by atoms with Crippen LogP contribution in [0, 0.1) is 0 Å². The maximum atomic E-state index is 11.6. The first-order valence-corrected chi connectivity index (χ1v) is 6.09. The van der Waals surface area contributed by atoms with Crippen molar-refractivity contribution in [3.8, 4) is 5.75 Å². The highest BCUT2D eigenvalue weighted by atomic mass is 16.5. The van der Waals surface area contributed by atoms with Crippen LogP contribution in [-0.4, -0.2) is 29.6 Å². The molecule has 102 valence electrons. The van der Waals surface area contributed by atoms with Crippen LogP contribution in [0.4, 0.5) is 11.4 Å². The lowest BCUT2D eigenvalue weighted by atomic mass is 10.2. The third-order valence-corrected chi connectivity index (χ3v) is 2.69. The van der Waals surface area contributed by atoms with Gasteiger partial charge in [0.15, 0.2) is 6.61 Å². The fraction of sp³-hybridized carbons (Fsp3) is 0.385. The number of carbonyl (C=O) groups excluding carboxylic acids is 2. The zero-order chi connectivity index (χ0) is 13.8. The van der Waals surface area contributed by atoms with Crippen molar-refractivity contribution >= 4 is 23.2 Å². The van der Waals surface area contributed by atoms with E-state index in [0.29, 0.717) is 23.5 Å². The summed E-state index contributed by atoms with van der Waals surface area (Å²) < 4.78 is 5.22. The van der Waals surface area contributed by atoms with E-state index in [1.54, 1.807) is 25.1 Å². The van der Waals surface area contributed by atoms with Crippen molar-refractivity contribution in [2.24, 2.45) is 0 Å². The average molecular weight is 264 g/mol. The molecule has 0 aromatic heterocycles. The molecular formula is C13H16N2O4. The summed E-state index contributed by atoms with van der Waals surface area (Å²) in [7, 11) is 0. The molecule has 0 bridgehead atoms. The maximum absolute atomic E-state index is 11.6. The lowest BCUT2D eigenvalue weighted by Gasteiger charge is -2.18. The third-order valence-electron chi connectivity index (χ3n) is 2.69. The molecule has 1 unspecified atom stereocenters. The first-order chi connectivity index (χ1) is 9.04. The van der Waals surface area contributed by atoms with Gasteiger partial charge < -0.3 is 20.5 Å². The summed E-state index contributed by atoms with van der Waals surface area (Å²) in [6.07, 6.45) is 0.163. The highest BCUT2D eigenvalue weighted by molar-refractivity contribution is 5.97. The molecule has 0 saturated carbocycles. The minimum atomic E-state index is -0.498. The van der Waals surface area contributed by atoms with Gasteiger partial charge in [-0.15, -0.1) is 0 Å². The van der Waals surface area contributed by atoms with Gasteiger partial charge in [0.25, 0.3) is 5.91 Å². The number of benzene rings is 1. The van der Waals surface area contributed by atoms with Gasteiger partial charge in [0.2, 0.25) is 5.91 Å². The minimum absolute atomic E-state index is 0.00704. The molecule has 0 radical (unpaired) electrons. The molecule has 3 N–H and O–H groups in total. The predicted octanol–water partition coefficient (Wildman–Crippen LogP) is 1.12. The topological polar surface area (TPSA) is 87.7 Å². The van der Waals surface area contributed by atoms with Gasteiger partial charge in [-0.25, -0.2) is 0 Å². The third kappa shape index (κ3) is 3.69. The van der Waals surface area contributed by atoms with Crippen molar-refractivity contribution in [2.45, 2.75) is 25.9 Å². The Kier molecular flexibility index (Phi) is 4.01. The van der Waals surface area contributed by atoms with E-state index in [0.717, 1.165) is 0 Å².